The van der Waals surface area contributed by atoms with Crippen LogP contribution in [-0.2, 0) is 0 Å². The van der Waals surface area contributed by atoms with Crippen LogP contribution >= 0.6 is 11.8 Å². The average molecular weight is 218 g/mol. The number of nitrogens with zero attached hydrogens (tertiary/aromatic N) is 3. The van der Waals surface area contributed by atoms with Crippen molar-refractivity contribution in [3.8, 4) is 0 Å². The van der Waals surface area contributed by atoms with Crippen molar-refractivity contribution in [2.75, 3.05) is 5.73 Å². The third-order valence-corrected chi connectivity index (χ3v) is 2.75. The van der Waals surface area contributed by atoms with Crippen LogP contribution in [0.4, 0.5) is 5.69 Å². The van der Waals surface area contributed by atoms with Gasteiger partial charge in [0, 0.05) is 11.9 Å². The summed E-state index contributed by atoms with van der Waals surface area (Å²) in [5.74, 6) is 0. The maximum absolute atomic E-state index is 5.78. The van der Waals surface area contributed by atoms with Gasteiger partial charge in [0.1, 0.15) is 16.4 Å². The molecule has 0 aliphatic carbocycles. The standard InChI is InChI=1S/C10H10N4S/c1-7-5-9(14-6-13-7)15-10-8(11)3-2-4-12-10/h2-6H,11H2,1H3. The molecule has 0 saturated carbocycles. The fourth-order valence-electron chi connectivity index (χ4n) is 1.07. The van der Waals surface area contributed by atoms with E-state index in [-0.39, 0.29) is 0 Å². The van der Waals surface area contributed by atoms with E-state index in [4.69, 9.17) is 5.73 Å². The molecule has 0 radical (unpaired) electrons. The molecule has 0 aliphatic rings. The molecule has 4 nitrogen and oxygen atoms in total. The van der Waals surface area contributed by atoms with Crippen LogP contribution in [0.1, 0.15) is 5.69 Å². The number of nitrogen functional groups attached to an aromatic ring is 1. The second-order valence-electron chi connectivity index (χ2n) is 3.00. The molecule has 0 amide bonds. The van der Waals surface area contributed by atoms with Crippen molar-refractivity contribution in [3.05, 3.63) is 36.4 Å². The monoisotopic (exact) mass is 218 g/mol. The predicted molar refractivity (Wildman–Crippen MR) is 59.5 cm³/mol. The van der Waals surface area contributed by atoms with Gasteiger partial charge in [-0.15, -0.1) is 0 Å². The first-order valence-electron chi connectivity index (χ1n) is 4.43. The molecule has 0 fully saturated rings. The highest BCUT2D eigenvalue weighted by atomic mass is 32.2. The highest BCUT2D eigenvalue weighted by Gasteiger charge is 2.03. The van der Waals surface area contributed by atoms with Crippen molar-refractivity contribution in [1.29, 1.82) is 0 Å². The lowest BCUT2D eigenvalue weighted by molar-refractivity contribution is 1.00. The molecule has 76 valence electrons. The van der Waals surface area contributed by atoms with Crippen LogP contribution in [0.15, 0.2) is 40.8 Å². The van der Waals surface area contributed by atoms with Gasteiger partial charge in [-0.25, -0.2) is 15.0 Å². The van der Waals surface area contributed by atoms with E-state index in [0.717, 1.165) is 15.7 Å². The largest absolute Gasteiger partial charge is 0.397 e. The number of aromatic nitrogens is 3. The van der Waals surface area contributed by atoms with Crippen LogP contribution in [0.5, 0.6) is 0 Å². The Labute approximate surface area is 92.0 Å². The summed E-state index contributed by atoms with van der Waals surface area (Å²) in [4.78, 5) is 12.3. The minimum atomic E-state index is 0.666. The predicted octanol–water partition coefficient (Wildman–Crippen LogP) is 1.91. The lowest BCUT2D eigenvalue weighted by atomic mass is 10.4. The molecule has 0 atom stereocenters. The van der Waals surface area contributed by atoms with Gasteiger partial charge in [-0.05, 0) is 36.9 Å². The van der Waals surface area contributed by atoms with E-state index in [1.165, 1.54) is 18.1 Å². The molecular formula is C10H10N4S. The Morgan fingerprint density at radius 1 is 1.27 bits per heavy atom. The smallest absolute Gasteiger partial charge is 0.125 e. The minimum Gasteiger partial charge on any atom is -0.397 e. The molecule has 0 unspecified atom stereocenters. The maximum Gasteiger partial charge on any atom is 0.125 e. The summed E-state index contributed by atoms with van der Waals surface area (Å²) in [5, 5.41) is 1.63. The molecule has 0 saturated heterocycles. The van der Waals surface area contributed by atoms with Gasteiger partial charge in [0.25, 0.3) is 0 Å². The zero-order valence-corrected chi connectivity index (χ0v) is 9.03. The number of hydrogen-bond acceptors (Lipinski definition) is 5. The Morgan fingerprint density at radius 2 is 2.13 bits per heavy atom. The summed E-state index contributed by atoms with van der Waals surface area (Å²) in [6.07, 6.45) is 3.25. The Kier molecular flexibility index (Phi) is 2.82. The first-order valence-corrected chi connectivity index (χ1v) is 5.24. The summed E-state index contributed by atoms with van der Waals surface area (Å²) in [5.41, 5.74) is 7.38. The van der Waals surface area contributed by atoms with E-state index >= 15 is 0 Å². The molecular weight excluding hydrogens is 208 g/mol. The molecule has 15 heavy (non-hydrogen) atoms. The summed E-state index contributed by atoms with van der Waals surface area (Å²) in [6, 6.07) is 5.53. The van der Waals surface area contributed by atoms with E-state index in [0.29, 0.717) is 5.69 Å². The lowest BCUT2D eigenvalue weighted by Crippen LogP contribution is -1.92. The van der Waals surface area contributed by atoms with Crippen LogP contribution in [-0.4, -0.2) is 15.0 Å². The number of anilines is 1. The van der Waals surface area contributed by atoms with Gasteiger partial charge in [-0.1, -0.05) is 0 Å². The van der Waals surface area contributed by atoms with E-state index in [2.05, 4.69) is 15.0 Å². The zero-order chi connectivity index (χ0) is 10.7. The highest BCUT2D eigenvalue weighted by Crippen LogP contribution is 2.27. The van der Waals surface area contributed by atoms with E-state index < -0.39 is 0 Å². The number of hydrogen-bond donors (Lipinski definition) is 1. The van der Waals surface area contributed by atoms with Crippen molar-refractivity contribution >= 4 is 17.4 Å². The van der Waals surface area contributed by atoms with E-state index in [1.54, 1.807) is 6.20 Å². The van der Waals surface area contributed by atoms with Crippen molar-refractivity contribution in [2.45, 2.75) is 17.0 Å². The summed E-state index contributed by atoms with van der Waals surface area (Å²) in [6.45, 7) is 1.92. The van der Waals surface area contributed by atoms with Crippen molar-refractivity contribution in [2.24, 2.45) is 0 Å². The summed E-state index contributed by atoms with van der Waals surface area (Å²) >= 11 is 1.44. The van der Waals surface area contributed by atoms with Gasteiger partial charge in [0.15, 0.2) is 0 Å². The fourth-order valence-corrected chi connectivity index (χ4v) is 1.90. The molecule has 5 heteroatoms. The van der Waals surface area contributed by atoms with Gasteiger partial charge in [0.2, 0.25) is 0 Å². The Bertz CT molecular complexity index is 472. The fraction of sp³-hybridized carbons (Fsp3) is 0.100. The first kappa shape index (κ1) is 9.92. The minimum absolute atomic E-state index is 0.666. The number of rotatable bonds is 2. The molecule has 2 N–H and O–H groups in total. The Balaban J connectivity index is 2.26. The number of pyridine rings is 1. The SMILES string of the molecule is Cc1cc(Sc2ncccc2N)ncn1. The molecule has 0 spiro atoms. The quantitative estimate of drug-likeness (QED) is 0.780. The normalized spacial score (nSPS) is 10.2. The lowest BCUT2D eigenvalue weighted by Gasteiger charge is -2.02. The number of nitrogens with two attached hydrogens (primary N) is 1. The van der Waals surface area contributed by atoms with Crippen molar-refractivity contribution in [3.63, 3.8) is 0 Å². The van der Waals surface area contributed by atoms with Crippen molar-refractivity contribution in [1.82, 2.24) is 15.0 Å². The third-order valence-electron chi connectivity index (χ3n) is 1.78. The molecule has 2 rings (SSSR count). The van der Waals surface area contributed by atoms with Crippen LogP contribution < -0.4 is 5.73 Å². The molecule has 2 heterocycles. The molecule has 0 aromatic carbocycles. The van der Waals surface area contributed by atoms with Crippen LogP contribution in [0.2, 0.25) is 0 Å². The highest BCUT2D eigenvalue weighted by molar-refractivity contribution is 7.99. The number of aryl methyl sites for hydroxylation is 1. The average Bonchev–Trinajstić information content (AvgIpc) is 2.22. The molecule has 2 aromatic heterocycles. The van der Waals surface area contributed by atoms with Crippen LogP contribution in [0.25, 0.3) is 0 Å². The second kappa shape index (κ2) is 4.27. The first-order chi connectivity index (χ1) is 7.25. The maximum atomic E-state index is 5.78. The van der Waals surface area contributed by atoms with Gasteiger partial charge in [-0.3, -0.25) is 0 Å². The van der Waals surface area contributed by atoms with Gasteiger partial charge >= 0.3 is 0 Å². The summed E-state index contributed by atoms with van der Waals surface area (Å²) in [7, 11) is 0. The topological polar surface area (TPSA) is 64.7 Å². The zero-order valence-electron chi connectivity index (χ0n) is 8.21. The van der Waals surface area contributed by atoms with Gasteiger partial charge in [0.05, 0.1) is 5.69 Å². The summed E-state index contributed by atoms with van der Waals surface area (Å²) < 4.78 is 0. The van der Waals surface area contributed by atoms with Crippen LogP contribution in [0.3, 0.4) is 0 Å². The van der Waals surface area contributed by atoms with Gasteiger partial charge < -0.3 is 5.73 Å². The Morgan fingerprint density at radius 3 is 2.87 bits per heavy atom. The molecule has 2 aromatic rings. The molecule has 0 aliphatic heterocycles. The third kappa shape index (κ3) is 2.44. The molecule has 0 bridgehead atoms. The van der Waals surface area contributed by atoms with Crippen molar-refractivity contribution < 1.29 is 0 Å². The van der Waals surface area contributed by atoms with E-state index in [1.807, 2.05) is 25.1 Å². The second-order valence-corrected chi connectivity index (χ2v) is 4.01. The Hall–Kier alpha value is -1.62. The van der Waals surface area contributed by atoms with Crippen LogP contribution in [0, 0.1) is 6.92 Å². The van der Waals surface area contributed by atoms with Gasteiger partial charge in [-0.2, -0.15) is 0 Å². The van der Waals surface area contributed by atoms with E-state index in [9.17, 15) is 0 Å².